The molecule has 0 spiro atoms. The predicted octanol–water partition coefficient (Wildman–Crippen LogP) is 3.58. The molecule has 1 N–H and O–H groups in total. The van der Waals surface area contributed by atoms with Crippen molar-refractivity contribution in [3.8, 4) is 0 Å². The molecule has 1 saturated carbocycles. The lowest BCUT2D eigenvalue weighted by atomic mass is 9.80. The summed E-state index contributed by atoms with van der Waals surface area (Å²) in [5.74, 6) is 1.73. The van der Waals surface area contributed by atoms with Gasteiger partial charge in [-0.15, -0.1) is 11.6 Å². The molecule has 1 rings (SSSR count). The van der Waals surface area contributed by atoms with E-state index in [0.29, 0.717) is 30.2 Å². The van der Waals surface area contributed by atoms with Gasteiger partial charge in [0.1, 0.15) is 0 Å². The summed E-state index contributed by atoms with van der Waals surface area (Å²) < 4.78 is 0. The molecule has 1 fully saturated rings. The molecule has 0 radical (unpaired) electrons. The molecule has 1 aliphatic rings. The second-order valence-electron chi connectivity index (χ2n) is 6.49. The number of hydrogen-bond donors (Lipinski definition) is 1. The number of amides is 1. The number of alkyl halides is 1. The molecule has 1 amide bonds. The summed E-state index contributed by atoms with van der Waals surface area (Å²) in [6.45, 7) is 8.69. The Morgan fingerprint density at radius 1 is 1.41 bits per heavy atom. The zero-order chi connectivity index (χ0) is 13.1. The summed E-state index contributed by atoms with van der Waals surface area (Å²) >= 11 is 5.91. The van der Waals surface area contributed by atoms with Crippen LogP contribution in [0.2, 0.25) is 0 Å². The van der Waals surface area contributed by atoms with Gasteiger partial charge in [-0.3, -0.25) is 4.79 Å². The molecule has 0 heterocycles. The molecule has 3 atom stereocenters. The maximum atomic E-state index is 12.0. The molecule has 0 aromatic carbocycles. The van der Waals surface area contributed by atoms with Crippen molar-refractivity contribution in [1.29, 1.82) is 0 Å². The second-order valence-corrected chi connectivity index (χ2v) is 6.80. The van der Waals surface area contributed by atoms with Crippen molar-refractivity contribution in [2.24, 2.45) is 17.3 Å². The van der Waals surface area contributed by atoms with Gasteiger partial charge in [0.2, 0.25) is 5.91 Å². The van der Waals surface area contributed by atoms with Crippen molar-refractivity contribution in [3.05, 3.63) is 0 Å². The largest absolute Gasteiger partial charge is 0.353 e. The zero-order valence-electron chi connectivity index (χ0n) is 11.6. The summed E-state index contributed by atoms with van der Waals surface area (Å²) in [5, 5.41) is 3.16. The maximum absolute atomic E-state index is 12.0. The highest BCUT2D eigenvalue weighted by atomic mass is 35.5. The first kappa shape index (κ1) is 14.8. The van der Waals surface area contributed by atoms with E-state index >= 15 is 0 Å². The van der Waals surface area contributed by atoms with Gasteiger partial charge in [-0.2, -0.15) is 0 Å². The van der Waals surface area contributed by atoms with E-state index < -0.39 is 0 Å². The molecule has 0 aromatic rings. The highest BCUT2D eigenvalue weighted by molar-refractivity contribution is 6.18. The third-order valence-electron chi connectivity index (χ3n) is 4.17. The van der Waals surface area contributed by atoms with Crippen LogP contribution in [0, 0.1) is 17.3 Å². The van der Waals surface area contributed by atoms with Crippen LogP contribution in [0.4, 0.5) is 0 Å². The van der Waals surface area contributed by atoms with Crippen LogP contribution in [-0.4, -0.2) is 17.8 Å². The molecule has 100 valence electrons. The maximum Gasteiger partial charge on any atom is 0.220 e. The Bertz CT molecular complexity index is 259. The van der Waals surface area contributed by atoms with Crippen LogP contribution in [0.15, 0.2) is 0 Å². The Balaban J connectivity index is 2.39. The lowest BCUT2D eigenvalue weighted by Crippen LogP contribution is -2.39. The standard InChI is InChI=1S/C14H26ClNO/c1-10(14(2,3)4)8-13(17)16-12-7-5-6-11(12)9-15/h10-12H,5-9H2,1-4H3,(H,16,17). The van der Waals surface area contributed by atoms with Crippen LogP contribution in [0.5, 0.6) is 0 Å². The SMILES string of the molecule is CC(CC(=O)NC1CCCC1CCl)C(C)(C)C. The Labute approximate surface area is 110 Å². The van der Waals surface area contributed by atoms with Gasteiger partial charge >= 0.3 is 0 Å². The van der Waals surface area contributed by atoms with Crippen molar-refractivity contribution in [2.75, 3.05) is 5.88 Å². The normalized spacial score (nSPS) is 26.9. The third-order valence-corrected chi connectivity index (χ3v) is 4.57. The minimum atomic E-state index is 0.189. The first-order valence-electron chi connectivity index (χ1n) is 6.70. The van der Waals surface area contributed by atoms with E-state index in [0.717, 1.165) is 12.8 Å². The van der Waals surface area contributed by atoms with Crippen LogP contribution in [0.3, 0.4) is 0 Å². The number of carbonyl (C=O) groups excluding carboxylic acids is 1. The Kier molecular flexibility index (Phi) is 5.30. The second kappa shape index (κ2) is 6.08. The highest BCUT2D eigenvalue weighted by Crippen LogP contribution is 2.29. The lowest BCUT2D eigenvalue weighted by molar-refractivity contribution is -0.123. The third kappa shape index (κ3) is 4.50. The summed E-state index contributed by atoms with van der Waals surface area (Å²) in [6.07, 6.45) is 4.06. The van der Waals surface area contributed by atoms with E-state index in [-0.39, 0.29) is 11.3 Å². The summed E-state index contributed by atoms with van der Waals surface area (Å²) in [6, 6.07) is 0.312. The number of nitrogens with one attached hydrogen (secondary N) is 1. The van der Waals surface area contributed by atoms with Gasteiger partial charge in [0, 0.05) is 18.3 Å². The van der Waals surface area contributed by atoms with E-state index in [4.69, 9.17) is 11.6 Å². The molecule has 3 unspecified atom stereocenters. The molecule has 17 heavy (non-hydrogen) atoms. The van der Waals surface area contributed by atoms with Crippen molar-refractivity contribution in [3.63, 3.8) is 0 Å². The monoisotopic (exact) mass is 259 g/mol. The molecule has 1 aliphatic carbocycles. The predicted molar refractivity (Wildman–Crippen MR) is 73.2 cm³/mol. The minimum Gasteiger partial charge on any atom is -0.353 e. The Morgan fingerprint density at radius 2 is 2.06 bits per heavy atom. The van der Waals surface area contributed by atoms with Crippen LogP contribution in [0.1, 0.15) is 53.4 Å². The summed E-state index contributed by atoms with van der Waals surface area (Å²) in [7, 11) is 0. The Morgan fingerprint density at radius 3 is 2.59 bits per heavy atom. The first-order chi connectivity index (χ1) is 7.84. The molecule has 0 aliphatic heterocycles. The summed E-state index contributed by atoms with van der Waals surface area (Å²) in [4.78, 5) is 12.0. The number of halogens is 1. The zero-order valence-corrected chi connectivity index (χ0v) is 12.3. The van der Waals surface area contributed by atoms with Crippen LogP contribution in [-0.2, 0) is 4.79 Å². The summed E-state index contributed by atoms with van der Waals surface area (Å²) in [5.41, 5.74) is 0.193. The Hall–Kier alpha value is -0.240. The number of hydrogen-bond acceptors (Lipinski definition) is 1. The topological polar surface area (TPSA) is 29.1 Å². The van der Waals surface area contributed by atoms with Crippen molar-refractivity contribution in [2.45, 2.75) is 59.4 Å². The van der Waals surface area contributed by atoms with Gasteiger partial charge in [0.15, 0.2) is 0 Å². The minimum absolute atomic E-state index is 0.189. The smallest absolute Gasteiger partial charge is 0.220 e. The average Bonchev–Trinajstić information content (AvgIpc) is 2.63. The van der Waals surface area contributed by atoms with Crippen LogP contribution < -0.4 is 5.32 Å². The first-order valence-corrected chi connectivity index (χ1v) is 7.23. The molecule has 0 saturated heterocycles. The van der Waals surface area contributed by atoms with Gasteiger partial charge in [-0.1, -0.05) is 34.1 Å². The number of carbonyl (C=O) groups is 1. The van der Waals surface area contributed by atoms with Gasteiger partial charge in [0.05, 0.1) is 0 Å². The van der Waals surface area contributed by atoms with E-state index in [9.17, 15) is 4.79 Å². The van der Waals surface area contributed by atoms with Gasteiger partial charge in [-0.05, 0) is 30.1 Å². The van der Waals surface area contributed by atoms with Crippen molar-refractivity contribution >= 4 is 17.5 Å². The fraction of sp³-hybridized carbons (Fsp3) is 0.929. The fourth-order valence-corrected chi connectivity index (χ4v) is 2.63. The van der Waals surface area contributed by atoms with Crippen molar-refractivity contribution in [1.82, 2.24) is 5.32 Å². The average molecular weight is 260 g/mol. The van der Waals surface area contributed by atoms with Crippen molar-refractivity contribution < 1.29 is 4.79 Å². The van der Waals surface area contributed by atoms with Gasteiger partial charge in [0.25, 0.3) is 0 Å². The van der Waals surface area contributed by atoms with Gasteiger partial charge < -0.3 is 5.32 Å². The quantitative estimate of drug-likeness (QED) is 0.769. The van der Waals surface area contributed by atoms with E-state index in [2.05, 4.69) is 33.0 Å². The molecular formula is C14H26ClNO. The van der Waals surface area contributed by atoms with Crippen LogP contribution >= 0.6 is 11.6 Å². The van der Waals surface area contributed by atoms with Gasteiger partial charge in [-0.25, -0.2) is 0 Å². The molecule has 2 nitrogen and oxygen atoms in total. The molecule has 0 bridgehead atoms. The molecular weight excluding hydrogens is 234 g/mol. The lowest BCUT2D eigenvalue weighted by Gasteiger charge is -2.28. The van der Waals surface area contributed by atoms with Crippen LogP contribution in [0.25, 0.3) is 0 Å². The fourth-order valence-electron chi connectivity index (χ4n) is 2.26. The van der Waals surface area contributed by atoms with E-state index in [1.807, 2.05) is 0 Å². The van der Waals surface area contributed by atoms with E-state index in [1.54, 1.807) is 0 Å². The molecule has 3 heteroatoms. The molecule has 0 aromatic heterocycles. The van der Waals surface area contributed by atoms with E-state index in [1.165, 1.54) is 6.42 Å². The highest BCUT2D eigenvalue weighted by Gasteiger charge is 2.29. The number of rotatable bonds is 4.